The molecule has 12 aromatic rings. The van der Waals surface area contributed by atoms with Crippen LogP contribution in [0, 0.1) is 55.4 Å². The molecule has 2 aliphatic heterocycles. The quantitative estimate of drug-likeness (QED) is 0.152. The van der Waals surface area contributed by atoms with Crippen LogP contribution in [0.4, 0.5) is 0 Å². The lowest BCUT2D eigenvalue weighted by Gasteiger charge is -2.35. The molecule has 2 aliphatic rings. The van der Waals surface area contributed by atoms with Gasteiger partial charge in [-0.25, -0.2) is 0 Å². The highest BCUT2D eigenvalue weighted by Gasteiger charge is 2.43. The molecular weight excluding hydrogens is 856 g/mol. The summed E-state index contributed by atoms with van der Waals surface area (Å²) in [6, 6.07) is 67.6. The maximum atomic E-state index is 2.76. The van der Waals surface area contributed by atoms with Crippen molar-refractivity contribution in [2.75, 3.05) is 0 Å². The van der Waals surface area contributed by atoms with Gasteiger partial charge in [-0.05, 0) is 221 Å². The van der Waals surface area contributed by atoms with E-state index in [9.17, 15) is 0 Å². The highest BCUT2D eigenvalue weighted by molar-refractivity contribution is 6.90. The molecule has 0 aliphatic carbocycles. The van der Waals surface area contributed by atoms with Crippen LogP contribution < -0.4 is 10.9 Å². The summed E-state index contributed by atoms with van der Waals surface area (Å²) in [5.41, 5.74) is 34.8. The third-order valence-electron chi connectivity index (χ3n) is 16.5. The second-order valence-corrected chi connectivity index (χ2v) is 20.8. The van der Waals surface area contributed by atoms with E-state index in [2.05, 4.69) is 240 Å². The van der Waals surface area contributed by atoms with Crippen LogP contribution in [0.2, 0.25) is 0 Å². The maximum absolute atomic E-state index is 2.76. The molecule has 4 heterocycles. The molecule has 3 heteroatoms. The van der Waals surface area contributed by atoms with Crippen molar-refractivity contribution in [1.82, 2.24) is 9.05 Å². The fourth-order valence-corrected chi connectivity index (χ4v) is 13.6. The monoisotopic (exact) mass is 908 g/mol. The first-order chi connectivity index (χ1) is 34.5. The Morgan fingerprint density at radius 3 is 1.30 bits per heavy atom. The van der Waals surface area contributed by atoms with Crippen molar-refractivity contribution in [1.29, 1.82) is 0 Å². The SMILES string of the molecule is Cc1cccc(C)c1-c1ccc2c(c1)c1cc(-c3c(C)cccc3C)cc3c1n2B1c2c(ccc(-c4ccccc4)c2-3)-n2c3ccc(-c4c(C)cccc4C)cc3c3cc(-c4c(C)cccc4C)cc1c32. The topological polar surface area (TPSA) is 9.86 Å². The fraction of sp³-hybridized carbons (Fsp3) is 0.118. The number of nitrogens with zero attached hydrogens (tertiary/aromatic N) is 2. The van der Waals surface area contributed by atoms with Gasteiger partial charge in [-0.1, -0.05) is 127 Å². The van der Waals surface area contributed by atoms with E-state index < -0.39 is 0 Å². The van der Waals surface area contributed by atoms with Gasteiger partial charge in [0.25, 0.3) is 0 Å². The second-order valence-electron chi connectivity index (χ2n) is 20.8. The lowest BCUT2D eigenvalue weighted by Crippen LogP contribution is -2.55. The van der Waals surface area contributed by atoms with Crippen LogP contribution in [0.3, 0.4) is 0 Å². The van der Waals surface area contributed by atoms with Gasteiger partial charge in [0.05, 0.1) is 11.0 Å². The predicted molar refractivity (Wildman–Crippen MR) is 305 cm³/mol. The van der Waals surface area contributed by atoms with Crippen molar-refractivity contribution in [2.24, 2.45) is 0 Å². The van der Waals surface area contributed by atoms with Gasteiger partial charge in [0.2, 0.25) is 0 Å². The third-order valence-corrected chi connectivity index (χ3v) is 16.5. The predicted octanol–water partition coefficient (Wildman–Crippen LogP) is 16.6. The summed E-state index contributed by atoms with van der Waals surface area (Å²) in [7, 11) is 0. The standard InChI is InChI=1S/C68H53BN2/c1-38-16-12-17-39(2)61(38)47-26-29-58-52(32-47)55-35-50(64-44(7)22-15-23-45(64)8)37-57-68(55)70(58)60-31-28-51(46-24-10-9-11-25-46)65-56-36-49(63-42(5)20-14-21-43(63)6)34-54-53-33-48(62-40(3)18-13-19-41(62)4)27-30-59(53)71(67(54)56)69(57)66(60)65/h9-37H,1-8H3. The Hall–Kier alpha value is -8.14. The van der Waals surface area contributed by atoms with Crippen molar-refractivity contribution in [3.63, 3.8) is 0 Å². The average molecular weight is 909 g/mol. The zero-order valence-corrected chi connectivity index (χ0v) is 41.7. The smallest absolute Gasteiger partial charge is 0.333 e. The number of aromatic nitrogens is 2. The van der Waals surface area contributed by atoms with E-state index >= 15 is 0 Å². The van der Waals surface area contributed by atoms with E-state index in [-0.39, 0.29) is 6.85 Å². The van der Waals surface area contributed by atoms with Gasteiger partial charge in [0.15, 0.2) is 0 Å². The normalized spacial score (nSPS) is 12.5. The van der Waals surface area contributed by atoms with E-state index in [1.165, 1.54) is 171 Å². The first-order valence-electron chi connectivity index (χ1n) is 25.3. The molecule has 10 aromatic carbocycles. The van der Waals surface area contributed by atoms with Gasteiger partial charge in [0.1, 0.15) is 0 Å². The zero-order valence-electron chi connectivity index (χ0n) is 41.7. The number of hydrogen-bond acceptors (Lipinski definition) is 0. The van der Waals surface area contributed by atoms with Gasteiger partial charge in [-0.3, -0.25) is 0 Å². The van der Waals surface area contributed by atoms with Crippen molar-refractivity contribution in [3.05, 3.63) is 220 Å². The third kappa shape index (κ3) is 5.84. The molecule has 0 unspecified atom stereocenters. The molecule has 14 rings (SSSR count). The molecule has 0 radical (unpaired) electrons. The lowest BCUT2D eigenvalue weighted by atomic mass is 9.45. The number of rotatable bonds is 5. The molecule has 71 heavy (non-hydrogen) atoms. The average Bonchev–Trinajstić information content (AvgIpc) is 3.87. The molecule has 0 atom stereocenters. The Labute approximate surface area is 416 Å². The fourth-order valence-electron chi connectivity index (χ4n) is 13.6. The van der Waals surface area contributed by atoms with Gasteiger partial charge in [0, 0.05) is 43.8 Å². The van der Waals surface area contributed by atoms with Crippen LogP contribution in [0.5, 0.6) is 0 Å². The van der Waals surface area contributed by atoms with Gasteiger partial charge >= 0.3 is 6.85 Å². The van der Waals surface area contributed by atoms with Gasteiger partial charge < -0.3 is 9.05 Å². The number of hydrogen-bond donors (Lipinski definition) is 0. The van der Waals surface area contributed by atoms with Crippen molar-refractivity contribution in [2.45, 2.75) is 55.4 Å². The summed E-state index contributed by atoms with van der Waals surface area (Å²) in [5.74, 6) is 0. The van der Waals surface area contributed by atoms with E-state index in [1.807, 2.05) is 0 Å². The molecule has 338 valence electrons. The van der Waals surface area contributed by atoms with Crippen molar-refractivity contribution in [3.8, 4) is 72.4 Å². The summed E-state index contributed by atoms with van der Waals surface area (Å²) in [5, 5.41) is 5.16. The van der Waals surface area contributed by atoms with Crippen molar-refractivity contribution >= 4 is 61.4 Å². The minimum absolute atomic E-state index is 0.116. The van der Waals surface area contributed by atoms with Crippen LogP contribution in [-0.2, 0) is 0 Å². The molecule has 2 aromatic heterocycles. The maximum Gasteiger partial charge on any atom is 0.333 e. The summed E-state index contributed by atoms with van der Waals surface area (Å²) < 4.78 is 5.39. The molecule has 2 nitrogen and oxygen atoms in total. The van der Waals surface area contributed by atoms with Gasteiger partial charge in [-0.15, -0.1) is 0 Å². The Balaban J connectivity index is 1.19. The van der Waals surface area contributed by atoms with E-state index in [0.29, 0.717) is 0 Å². The minimum Gasteiger partial charge on any atom is -0.375 e. The summed E-state index contributed by atoms with van der Waals surface area (Å²) >= 11 is 0. The number of aryl methyl sites for hydroxylation is 8. The van der Waals surface area contributed by atoms with Crippen LogP contribution >= 0.6 is 0 Å². The van der Waals surface area contributed by atoms with Crippen LogP contribution in [0.1, 0.15) is 44.5 Å². The second kappa shape index (κ2) is 15.2. The lowest BCUT2D eigenvalue weighted by molar-refractivity contribution is 1.17. The molecule has 0 bridgehead atoms. The molecular formula is C68H53BN2. The van der Waals surface area contributed by atoms with E-state index in [0.717, 1.165) is 0 Å². The summed E-state index contributed by atoms with van der Waals surface area (Å²) in [4.78, 5) is 0. The van der Waals surface area contributed by atoms with E-state index in [4.69, 9.17) is 0 Å². The molecule has 0 N–H and O–H groups in total. The van der Waals surface area contributed by atoms with Crippen LogP contribution in [0.25, 0.3) is 116 Å². The molecule has 0 saturated heterocycles. The Morgan fingerprint density at radius 1 is 0.310 bits per heavy atom. The van der Waals surface area contributed by atoms with Crippen LogP contribution in [0.15, 0.2) is 176 Å². The number of benzene rings is 10. The largest absolute Gasteiger partial charge is 0.375 e. The van der Waals surface area contributed by atoms with Gasteiger partial charge in [-0.2, -0.15) is 0 Å². The molecule has 0 saturated carbocycles. The summed E-state index contributed by atoms with van der Waals surface area (Å²) in [6.45, 7) is 18.0. The molecule has 0 amide bonds. The minimum atomic E-state index is -0.116. The number of fused-ring (bicyclic) bond motifs is 10. The Kier molecular flexibility index (Phi) is 8.94. The Bertz CT molecular complexity index is 4230. The van der Waals surface area contributed by atoms with E-state index in [1.54, 1.807) is 0 Å². The molecule has 0 fully saturated rings. The highest BCUT2D eigenvalue weighted by Crippen LogP contribution is 2.50. The van der Waals surface area contributed by atoms with Crippen LogP contribution in [-0.4, -0.2) is 15.9 Å². The summed E-state index contributed by atoms with van der Waals surface area (Å²) in [6.07, 6.45) is 0. The first kappa shape index (κ1) is 41.8. The molecule has 0 spiro atoms. The van der Waals surface area contributed by atoms with Crippen molar-refractivity contribution < 1.29 is 0 Å². The zero-order chi connectivity index (χ0) is 48.1. The Morgan fingerprint density at radius 2 is 0.761 bits per heavy atom. The first-order valence-corrected chi connectivity index (χ1v) is 25.3. The highest BCUT2D eigenvalue weighted by atomic mass is 15.0.